The molecule has 2 aromatic carbocycles. The van der Waals surface area contributed by atoms with Crippen molar-refractivity contribution < 1.29 is 14.3 Å². The molecule has 2 aromatic rings. The molecule has 124 valence electrons. The van der Waals surface area contributed by atoms with E-state index in [1.54, 1.807) is 43.3 Å². The van der Waals surface area contributed by atoms with E-state index in [-0.39, 0.29) is 17.9 Å². The summed E-state index contributed by atoms with van der Waals surface area (Å²) in [5.41, 5.74) is 0.953. The van der Waals surface area contributed by atoms with Crippen LogP contribution in [0.15, 0.2) is 54.6 Å². The highest BCUT2D eigenvalue weighted by atomic mass is 16.5. The molecule has 0 bridgehead atoms. The van der Waals surface area contributed by atoms with Crippen LogP contribution in [0.1, 0.15) is 30.1 Å². The average Bonchev–Trinajstić information content (AvgIpc) is 3.40. The molecule has 3 rings (SSSR count). The van der Waals surface area contributed by atoms with Gasteiger partial charge in [-0.1, -0.05) is 30.3 Å². The minimum atomic E-state index is -0.674. The number of anilines is 1. The molecule has 2 amide bonds. The van der Waals surface area contributed by atoms with Crippen LogP contribution in [0.2, 0.25) is 0 Å². The first-order chi connectivity index (χ1) is 11.6. The summed E-state index contributed by atoms with van der Waals surface area (Å²) in [6.45, 7) is 1.68. The van der Waals surface area contributed by atoms with Gasteiger partial charge in [-0.2, -0.15) is 0 Å². The van der Waals surface area contributed by atoms with Crippen molar-refractivity contribution in [2.24, 2.45) is 0 Å². The number of rotatable bonds is 6. The van der Waals surface area contributed by atoms with Crippen LogP contribution < -0.4 is 15.4 Å². The molecule has 0 spiro atoms. The quantitative estimate of drug-likeness (QED) is 0.858. The number of ether oxygens (including phenoxy) is 1. The molecule has 5 nitrogen and oxygen atoms in total. The Kier molecular flexibility index (Phi) is 4.79. The van der Waals surface area contributed by atoms with Gasteiger partial charge < -0.3 is 15.4 Å². The van der Waals surface area contributed by atoms with E-state index < -0.39 is 6.10 Å². The number of nitrogens with one attached hydrogen (secondary N) is 2. The Morgan fingerprint density at radius 2 is 1.71 bits per heavy atom. The first-order valence-electron chi connectivity index (χ1n) is 8.06. The fourth-order valence-electron chi connectivity index (χ4n) is 2.27. The van der Waals surface area contributed by atoms with Crippen molar-refractivity contribution >= 4 is 17.5 Å². The predicted molar refractivity (Wildman–Crippen MR) is 92.1 cm³/mol. The first kappa shape index (κ1) is 16.1. The molecule has 0 aliphatic heterocycles. The third kappa shape index (κ3) is 4.13. The Bertz CT molecular complexity index is 726. The molecule has 1 aliphatic rings. The van der Waals surface area contributed by atoms with E-state index in [2.05, 4.69) is 10.6 Å². The topological polar surface area (TPSA) is 67.4 Å². The lowest BCUT2D eigenvalue weighted by atomic mass is 10.1. The number of hydrogen-bond acceptors (Lipinski definition) is 3. The van der Waals surface area contributed by atoms with Crippen LogP contribution in [0.25, 0.3) is 0 Å². The lowest BCUT2D eigenvalue weighted by molar-refractivity contribution is -0.122. The second kappa shape index (κ2) is 7.17. The van der Waals surface area contributed by atoms with E-state index in [0.717, 1.165) is 12.8 Å². The van der Waals surface area contributed by atoms with Gasteiger partial charge in [-0.05, 0) is 44.0 Å². The lowest BCUT2D eigenvalue weighted by Gasteiger charge is -2.16. The van der Waals surface area contributed by atoms with Crippen LogP contribution in [0.5, 0.6) is 5.75 Å². The van der Waals surface area contributed by atoms with E-state index in [4.69, 9.17) is 4.74 Å². The van der Waals surface area contributed by atoms with E-state index in [1.807, 2.05) is 18.2 Å². The van der Waals surface area contributed by atoms with Gasteiger partial charge in [0.25, 0.3) is 11.8 Å². The number of carbonyl (C=O) groups is 2. The third-order valence-corrected chi connectivity index (χ3v) is 3.77. The molecule has 0 heterocycles. The minimum absolute atomic E-state index is 0.162. The summed E-state index contributed by atoms with van der Waals surface area (Å²) in [6.07, 6.45) is 1.36. The highest BCUT2D eigenvalue weighted by Crippen LogP contribution is 2.22. The lowest BCUT2D eigenvalue weighted by Crippen LogP contribution is -2.32. The van der Waals surface area contributed by atoms with Crippen molar-refractivity contribution in [1.29, 1.82) is 0 Å². The normalized spacial score (nSPS) is 14.5. The zero-order chi connectivity index (χ0) is 16.9. The number of hydrogen-bond donors (Lipinski definition) is 2. The molecule has 0 radical (unpaired) electrons. The number of carbonyl (C=O) groups excluding carboxylic acids is 2. The number of benzene rings is 2. The van der Waals surface area contributed by atoms with E-state index in [1.165, 1.54) is 0 Å². The highest BCUT2D eigenvalue weighted by molar-refractivity contribution is 6.04. The van der Waals surface area contributed by atoms with Gasteiger partial charge in [-0.3, -0.25) is 9.59 Å². The minimum Gasteiger partial charge on any atom is -0.481 e. The van der Waals surface area contributed by atoms with Gasteiger partial charge in [0, 0.05) is 6.04 Å². The van der Waals surface area contributed by atoms with Crippen molar-refractivity contribution in [2.75, 3.05) is 5.32 Å². The van der Waals surface area contributed by atoms with Crippen LogP contribution in [-0.2, 0) is 4.79 Å². The highest BCUT2D eigenvalue weighted by Gasteiger charge is 2.25. The zero-order valence-electron chi connectivity index (χ0n) is 13.5. The molecule has 1 atom stereocenters. The fraction of sp³-hybridized carbons (Fsp3) is 0.263. The number of para-hydroxylation sites is 2. The smallest absolute Gasteiger partial charge is 0.265 e. The largest absolute Gasteiger partial charge is 0.481 e. The molecule has 1 saturated carbocycles. The van der Waals surface area contributed by atoms with Crippen molar-refractivity contribution in [3.63, 3.8) is 0 Å². The van der Waals surface area contributed by atoms with E-state index in [0.29, 0.717) is 17.0 Å². The summed E-state index contributed by atoms with van der Waals surface area (Å²) in [5.74, 6) is 0.162. The summed E-state index contributed by atoms with van der Waals surface area (Å²) >= 11 is 0. The predicted octanol–water partition coefficient (Wildman–Crippen LogP) is 2.98. The molecule has 1 unspecified atom stereocenters. The molecule has 0 saturated heterocycles. The van der Waals surface area contributed by atoms with Crippen molar-refractivity contribution in [3.05, 3.63) is 60.2 Å². The summed E-state index contributed by atoms with van der Waals surface area (Å²) in [4.78, 5) is 24.6. The van der Waals surface area contributed by atoms with Gasteiger partial charge in [0.15, 0.2) is 6.10 Å². The zero-order valence-corrected chi connectivity index (χ0v) is 13.5. The monoisotopic (exact) mass is 324 g/mol. The summed E-state index contributed by atoms with van der Waals surface area (Å²) in [7, 11) is 0. The maximum absolute atomic E-state index is 12.4. The maximum atomic E-state index is 12.4. The Balaban J connectivity index is 1.66. The van der Waals surface area contributed by atoms with Crippen LogP contribution in [-0.4, -0.2) is 24.0 Å². The first-order valence-corrected chi connectivity index (χ1v) is 8.06. The molecule has 1 aliphatic carbocycles. The van der Waals surface area contributed by atoms with E-state index in [9.17, 15) is 9.59 Å². The summed E-state index contributed by atoms with van der Waals surface area (Å²) < 4.78 is 5.61. The molecule has 1 fully saturated rings. The maximum Gasteiger partial charge on any atom is 0.265 e. The Morgan fingerprint density at radius 1 is 1.04 bits per heavy atom. The van der Waals surface area contributed by atoms with Crippen LogP contribution in [0.4, 0.5) is 5.69 Å². The number of amides is 2. The second-order valence-electron chi connectivity index (χ2n) is 5.86. The second-order valence-corrected chi connectivity index (χ2v) is 5.86. The van der Waals surface area contributed by atoms with Crippen molar-refractivity contribution in [3.8, 4) is 5.75 Å². The van der Waals surface area contributed by atoms with Gasteiger partial charge in [0.2, 0.25) is 0 Å². The van der Waals surface area contributed by atoms with Crippen molar-refractivity contribution in [1.82, 2.24) is 5.32 Å². The Labute approximate surface area is 141 Å². The van der Waals surface area contributed by atoms with Crippen molar-refractivity contribution in [2.45, 2.75) is 31.9 Å². The van der Waals surface area contributed by atoms with Gasteiger partial charge in [0.05, 0.1) is 11.3 Å². The SMILES string of the molecule is CC(Oc1ccccc1)C(=O)Nc1ccccc1C(=O)NC1CC1. The standard InChI is InChI=1S/C19H20N2O3/c1-13(24-15-7-3-2-4-8-15)18(22)21-17-10-6-5-9-16(17)19(23)20-14-11-12-14/h2-10,13-14H,11-12H2,1H3,(H,20,23)(H,21,22). The summed E-state index contributed by atoms with van der Waals surface area (Å²) in [5, 5.41) is 5.71. The Hall–Kier alpha value is -2.82. The van der Waals surface area contributed by atoms with Crippen LogP contribution >= 0.6 is 0 Å². The summed E-state index contributed by atoms with van der Waals surface area (Å²) in [6, 6.07) is 16.4. The van der Waals surface area contributed by atoms with E-state index >= 15 is 0 Å². The molecule has 5 heteroatoms. The fourth-order valence-corrected chi connectivity index (χ4v) is 2.27. The average molecular weight is 324 g/mol. The van der Waals surface area contributed by atoms with Gasteiger partial charge in [-0.25, -0.2) is 0 Å². The molecular weight excluding hydrogens is 304 g/mol. The molecule has 24 heavy (non-hydrogen) atoms. The Morgan fingerprint density at radius 3 is 2.42 bits per heavy atom. The molecular formula is C19H20N2O3. The third-order valence-electron chi connectivity index (χ3n) is 3.77. The van der Waals surface area contributed by atoms with Crippen LogP contribution in [0.3, 0.4) is 0 Å². The van der Waals surface area contributed by atoms with Gasteiger partial charge in [-0.15, -0.1) is 0 Å². The van der Waals surface area contributed by atoms with Gasteiger partial charge >= 0.3 is 0 Å². The molecule has 2 N–H and O–H groups in total. The molecule has 0 aromatic heterocycles. The van der Waals surface area contributed by atoms with Gasteiger partial charge in [0.1, 0.15) is 5.75 Å². The van der Waals surface area contributed by atoms with Crippen LogP contribution in [0, 0.1) is 0 Å².